The van der Waals surface area contributed by atoms with Gasteiger partial charge in [-0.3, -0.25) is 0 Å². The molecule has 2 N–H and O–H groups in total. The maximum absolute atomic E-state index is 9.67. The molecule has 0 aliphatic carbocycles. The maximum Gasteiger partial charge on any atom is 0.184 e. The van der Waals surface area contributed by atoms with Gasteiger partial charge in [-0.05, 0) is 17.7 Å². The number of hydrogen-bond acceptors (Lipinski definition) is 6. The van der Waals surface area contributed by atoms with Crippen molar-refractivity contribution >= 4 is 0 Å². The lowest BCUT2D eigenvalue weighted by Crippen LogP contribution is -2.38. The molecule has 1 heterocycles. The van der Waals surface area contributed by atoms with Gasteiger partial charge < -0.3 is 29.2 Å². The average molecular weight is 284 g/mol. The molecule has 112 valence electrons. The zero-order chi connectivity index (χ0) is 14.5. The highest BCUT2D eigenvalue weighted by Crippen LogP contribution is 2.25. The van der Waals surface area contributed by atoms with Crippen LogP contribution >= 0.6 is 0 Å². The molecule has 1 aromatic carbocycles. The first-order chi connectivity index (χ1) is 9.69. The maximum atomic E-state index is 9.67. The molecule has 1 fully saturated rings. The van der Waals surface area contributed by atoms with Gasteiger partial charge in [0.1, 0.15) is 24.1 Å². The molecule has 1 aromatic rings. The van der Waals surface area contributed by atoms with Gasteiger partial charge in [-0.2, -0.15) is 0 Å². The fraction of sp³-hybridized carbons (Fsp3) is 0.571. The number of aliphatic hydroxyl groups excluding tert-OH is 2. The minimum absolute atomic E-state index is 0.232. The van der Waals surface area contributed by atoms with Crippen LogP contribution in [0.1, 0.15) is 5.56 Å². The Morgan fingerprint density at radius 3 is 2.40 bits per heavy atom. The van der Waals surface area contributed by atoms with Crippen molar-refractivity contribution in [1.29, 1.82) is 0 Å². The van der Waals surface area contributed by atoms with Gasteiger partial charge in [0.2, 0.25) is 0 Å². The summed E-state index contributed by atoms with van der Waals surface area (Å²) in [7, 11) is 3.08. The molecular formula is C14H20O6. The molecule has 0 aromatic heterocycles. The van der Waals surface area contributed by atoms with E-state index in [0.29, 0.717) is 6.61 Å². The summed E-state index contributed by atoms with van der Waals surface area (Å²) in [5.41, 5.74) is 0.957. The highest BCUT2D eigenvalue weighted by Gasteiger charge is 2.44. The summed E-state index contributed by atoms with van der Waals surface area (Å²) in [6.45, 7) is 0.102. The van der Waals surface area contributed by atoms with Gasteiger partial charge in [0, 0.05) is 7.11 Å². The third-order valence-corrected chi connectivity index (χ3v) is 3.34. The van der Waals surface area contributed by atoms with Crippen LogP contribution in [0.5, 0.6) is 5.75 Å². The van der Waals surface area contributed by atoms with Crippen LogP contribution < -0.4 is 4.74 Å². The Labute approximate surface area is 117 Å². The van der Waals surface area contributed by atoms with Crippen LogP contribution in [-0.4, -0.2) is 55.6 Å². The molecule has 6 heteroatoms. The molecule has 0 unspecified atom stereocenters. The quantitative estimate of drug-likeness (QED) is 0.782. The average Bonchev–Trinajstić information content (AvgIpc) is 2.80. The van der Waals surface area contributed by atoms with Gasteiger partial charge in [0.25, 0.3) is 0 Å². The normalized spacial score (nSPS) is 29.6. The lowest BCUT2D eigenvalue weighted by Gasteiger charge is -2.21. The van der Waals surface area contributed by atoms with Gasteiger partial charge in [-0.25, -0.2) is 0 Å². The van der Waals surface area contributed by atoms with Crippen molar-refractivity contribution in [3.63, 3.8) is 0 Å². The Bertz CT molecular complexity index is 407. The van der Waals surface area contributed by atoms with E-state index in [1.54, 1.807) is 7.11 Å². The fourth-order valence-corrected chi connectivity index (χ4v) is 2.22. The lowest BCUT2D eigenvalue weighted by atomic mass is 10.1. The number of hydrogen-bond donors (Lipinski definition) is 2. The predicted molar refractivity (Wildman–Crippen MR) is 70.3 cm³/mol. The topological polar surface area (TPSA) is 77.4 Å². The lowest BCUT2D eigenvalue weighted by molar-refractivity contribution is -0.140. The smallest absolute Gasteiger partial charge is 0.184 e. The molecule has 0 saturated carbocycles. The number of benzene rings is 1. The van der Waals surface area contributed by atoms with E-state index in [2.05, 4.69) is 0 Å². The Hall–Kier alpha value is -1.18. The zero-order valence-corrected chi connectivity index (χ0v) is 11.6. The van der Waals surface area contributed by atoms with E-state index in [4.69, 9.17) is 18.9 Å². The van der Waals surface area contributed by atoms with Crippen LogP contribution in [0.4, 0.5) is 0 Å². The van der Waals surface area contributed by atoms with E-state index in [1.165, 1.54) is 7.11 Å². The van der Waals surface area contributed by atoms with E-state index >= 15 is 0 Å². The highest BCUT2D eigenvalue weighted by atomic mass is 16.7. The predicted octanol–water partition coefficient (Wildman–Crippen LogP) is 0.305. The SMILES string of the molecule is COc1ccc(CO[C@@H]2[C@@H](OC)[C@H](O)O[C@@H]2CO)cc1. The van der Waals surface area contributed by atoms with Crippen molar-refractivity contribution in [2.24, 2.45) is 0 Å². The fourth-order valence-electron chi connectivity index (χ4n) is 2.22. The summed E-state index contributed by atoms with van der Waals surface area (Å²) in [5.74, 6) is 0.774. The molecule has 2 rings (SSSR count). The van der Waals surface area contributed by atoms with Crippen molar-refractivity contribution in [3.05, 3.63) is 29.8 Å². The molecule has 20 heavy (non-hydrogen) atoms. The molecular weight excluding hydrogens is 264 g/mol. The Morgan fingerprint density at radius 1 is 1.15 bits per heavy atom. The second-order valence-corrected chi connectivity index (χ2v) is 4.57. The van der Waals surface area contributed by atoms with Crippen molar-refractivity contribution in [3.8, 4) is 5.75 Å². The first-order valence-corrected chi connectivity index (χ1v) is 6.41. The number of rotatable bonds is 6. The second kappa shape index (κ2) is 7.01. The minimum Gasteiger partial charge on any atom is -0.497 e. The van der Waals surface area contributed by atoms with Crippen LogP contribution in [0, 0.1) is 0 Å². The van der Waals surface area contributed by atoms with Crippen molar-refractivity contribution in [2.75, 3.05) is 20.8 Å². The summed E-state index contributed by atoms with van der Waals surface area (Å²) in [6.07, 6.45) is -2.79. The zero-order valence-electron chi connectivity index (χ0n) is 11.6. The first-order valence-electron chi connectivity index (χ1n) is 6.41. The molecule has 1 aliphatic heterocycles. The van der Waals surface area contributed by atoms with E-state index in [9.17, 15) is 10.2 Å². The van der Waals surface area contributed by atoms with Gasteiger partial charge in [-0.1, -0.05) is 12.1 Å². The summed E-state index contributed by atoms with van der Waals surface area (Å²) >= 11 is 0. The summed E-state index contributed by atoms with van der Waals surface area (Å²) < 4.78 is 21.2. The third kappa shape index (κ3) is 3.28. The molecule has 0 bridgehead atoms. The molecule has 0 amide bonds. The van der Waals surface area contributed by atoms with E-state index < -0.39 is 24.6 Å². The highest BCUT2D eigenvalue weighted by molar-refractivity contribution is 5.26. The number of methoxy groups -OCH3 is 2. The summed E-state index contributed by atoms with van der Waals surface area (Å²) in [6, 6.07) is 7.47. The Morgan fingerprint density at radius 2 is 1.85 bits per heavy atom. The Kier molecular flexibility index (Phi) is 5.33. The standard InChI is InChI=1S/C14H20O6/c1-17-10-5-3-9(4-6-10)8-19-12-11(7-15)20-14(16)13(12)18-2/h3-6,11-16H,7-8H2,1-2H3/t11-,12+,13-,14-/m1/s1. The second-order valence-electron chi connectivity index (χ2n) is 4.57. The Balaban J connectivity index is 1.96. The molecule has 6 nitrogen and oxygen atoms in total. The van der Waals surface area contributed by atoms with Crippen LogP contribution in [0.15, 0.2) is 24.3 Å². The van der Waals surface area contributed by atoms with E-state index in [1.807, 2.05) is 24.3 Å². The van der Waals surface area contributed by atoms with Crippen molar-refractivity contribution in [2.45, 2.75) is 31.2 Å². The molecule has 1 saturated heterocycles. The molecule has 0 radical (unpaired) electrons. The number of aliphatic hydroxyl groups is 2. The van der Waals surface area contributed by atoms with Crippen molar-refractivity contribution < 1.29 is 29.2 Å². The molecule has 0 spiro atoms. The van der Waals surface area contributed by atoms with Gasteiger partial charge >= 0.3 is 0 Å². The van der Waals surface area contributed by atoms with Crippen LogP contribution in [0.3, 0.4) is 0 Å². The van der Waals surface area contributed by atoms with Crippen LogP contribution in [0.2, 0.25) is 0 Å². The first kappa shape index (κ1) is 15.2. The summed E-state index contributed by atoms with van der Waals surface area (Å²) in [5, 5.41) is 18.9. The molecule has 4 atom stereocenters. The van der Waals surface area contributed by atoms with Gasteiger partial charge in [0.15, 0.2) is 6.29 Å². The summed E-state index contributed by atoms with van der Waals surface area (Å²) in [4.78, 5) is 0. The van der Waals surface area contributed by atoms with E-state index in [0.717, 1.165) is 11.3 Å². The molecule has 1 aliphatic rings. The van der Waals surface area contributed by atoms with Gasteiger partial charge in [0.05, 0.1) is 20.3 Å². The third-order valence-electron chi connectivity index (χ3n) is 3.34. The number of ether oxygens (including phenoxy) is 4. The van der Waals surface area contributed by atoms with Gasteiger partial charge in [-0.15, -0.1) is 0 Å². The minimum atomic E-state index is -1.09. The van der Waals surface area contributed by atoms with Crippen molar-refractivity contribution in [1.82, 2.24) is 0 Å². The van der Waals surface area contributed by atoms with Crippen LogP contribution in [-0.2, 0) is 20.8 Å². The largest absolute Gasteiger partial charge is 0.497 e. The van der Waals surface area contributed by atoms with Crippen LogP contribution in [0.25, 0.3) is 0 Å². The monoisotopic (exact) mass is 284 g/mol. The van der Waals surface area contributed by atoms with E-state index in [-0.39, 0.29) is 6.61 Å².